The van der Waals surface area contributed by atoms with Gasteiger partial charge in [-0.25, -0.2) is 9.97 Å². The third-order valence-electron chi connectivity index (χ3n) is 5.27. The molecule has 0 spiro atoms. The fourth-order valence-corrected chi connectivity index (χ4v) is 3.77. The number of benzene rings is 2. The summed E-state index contributed by atoms with van der Waals surface area (Å²) in [6.07, 6.45) is 2.97. The summed E-state index contributed by atoms with van der Waals surface area (Å²) in [5.74, 6) is 0.224. The summed E-state index contributed by atoms with van der Waals surface area (Å²) in [6, 6.07) is 19.7. The van der Waals surface area contributed by atoms with Crippen LogP contribution in [0.5, 0.6) is 11.6 Å². The van der Waals surface area contributed by atoms with Gasteiger partial charge in [-0.3, -0.25) is 14.2 Å². The number of carboxylic acid groups (broad SMARTS) is 1. The molecule has 0 aliphatic carbocycles. The molecule has 10 nitrogen and oxygen atoms in total. The monoisotopic (exact) mass is 502 g/mol. The molecule has 3 heterocycles. The number of nitrogens with one attached hydrogen (secondary N) is 1. The summed E-state index contributed by atoms with van der Waals surface area (Å²) in [4.78, 5) is 36.9. The molecular formula is C25H19ClN6O4. The van der Waals surface area contributed by atoms with Crippen LogP contribution in [0, 0.1) is 0 Å². The summed E-state index contributed by atoms with van der Waals surface area (Å²) < 4.78 is 8.72. The van der Waals surface area contributed by atoms with E-state index < -0.39 is 18.1 Å². The van der Waals surface area contributed by atoms with Crippen LogP contribution in [0.1, 0.15) is 5.56 Å². The zero-order valence-corrected chi connectivity index (χ0v) is 19.5. The first-order valence-corrected chi connectivity index (χ1v) is 11.2. The van der Waals surface area contributed by atoms with E-state index in [4.69, 9.17) is 16.3 Å². The maximum absolute atomic E-state index is 12.9. The van der Waals surface area contributed by atoms with Crippen molar-refractivity contribution in [2.75, 3.05) is 5.32 Å². The maximum atomic E-state index is 12.9. The largest absolute Gasteiger partial charge is 0.480 e. The number of nitrogens with zero attached hydrogens (tertiary/aromatic N) is 5. The van der Waals surface area contributed by atoms with Crippen LogP contribution in [0.3, 0.4) is 0 Å². The zero-order chi connectivity index (χ0) is 25.1. The molecule has 0 atom stereocenters. The molecule has 0 aliphatic rings. The SMILES string of the molecule is O=C(O)Cn1cnc2c1c(=O)nc(Nc1ccc(Oc3ccccn3)cc1)n2Cc1ccc(Cl)cc1. The Hall–Kier alpha value is -4.70. The summed E-state index contributed by atoms with van der Waals surface area (Å²) in [7, 11) is 0. The highest BCUT2D eigenvalue weighted by atomic mass is 35.5. The summed E-state index contributed by atoms with van der Waals surface area (Å²) >= 11 is 6.03. The number of carboxylic acids is 1. The molecule has 0 saturated heterocycles. The van der Waals surface area contributed by atoms with Crippen molar-refractivity contribution in [1.29, 1.82) is 0 Å². The first-order chi connectivity index (χ1) is 17.5. The van der Waals surface area contributed by atoms with E-state index in [-0.39, 0.29) is 11.5 Å². The molecule has 0 saturated carbocycles. The number of anilines is 2. The van der Waals surface area contributed by atoms with E-state index in [0.29, 0.717) is 34.5 Å². The molecular weight excluding hydrogens is 484 g/mol. The van der Waals surface area contributed by atoms with Gasteiger partial charge >= 0.3 is 11.5 Å². The number of carbonyl (C=O) groups is 1. The summed E-state index contributed by atoms with van der Waals surface area (Å²) in [5.41, 5.74) is 1.37. The van der Waals surface area contributed by atoms with Crippen molar-refractivity contribution < 1.29 is 14.6 Å². The van der Waals surface area contributed by atoms with Gasteiger partial charge in [0.05, 0.1) is 12.9 Å². The molecule has 0 radical (unpaired) electrons. The average Bonchev–Trinajstić information content (AvgIpc) is 3.28. The predicted octanol–water partition coefficient (Wildman–Crippen LogP) is 4.31. The lowest BCUT2D eigenvalue weighted by molar-refractivity contribution is -0.137. The highest BCUT2D eigenvalue weighted by Crippen LogP contribution is 2.24. The maximum Gasteiger partial charge on any atom is 0.323 e. The molecule has 5 aromatic rings. The van der Waals surface area contributed by atoms with Crippen molar-refractivity contribution >= 4 is 40.4 Å². The van der Waals surface area contributed by atoms with Crippen LogP contribution in [0.15, 0.2) is 84.0 Å². The lowest BCUT2D eigenvalue weighted by Gasteiger charge is -2.15. The molecule has 0 aliphatic heterocycles. The fraction of sp³-hybridized carbons (Fsp3) is 0.0800. The van der Waals surface area contributed by atoms with E-state index in [1.165, 1.54) is 10.9 Å². The van der Waals surface area contributed by atoms with Crippen molar-refractivity contribution in [3.05, 3.63) is 100 Å². The normalized spacial score (nSPS) is 10.9. The summed E-state index contributed by atoms with van der Waals surface area (Å²) in [6.45, 7) is -0.0902. The van der Waals surface area contributed by atoms with Crippen LogP contribution in [0.2, 0.25) is 5.02 Å². The number of halogens is 1. The van der Waals surface area contributed by atoms with Gasteiger partial charge in [-0.2, -0.15) is 4.98 Å². The molecule has 0 bridgehead atoms. The Morgan fingerprint density at radius 3 is 2.50 bits per heavy atom. The topological polar surface area (TPSA) is 124 Å². The Bertz CT molecular complexity index is 1580. The first-order valence-electron chi connectivity index (χ1n) is 10.8. The van der Waals surface area contributed by atoms with E-state index in [1.54, 1.807) is 59.3 Å². The van der Waals surface area contributed by atoms with Gasteiger partial charge in [0.15, 0.2) is 11.2 Å². The van der Waals surface area contributed by atoms with Gasteiger partial charge in [-0.1, -0.05) is 29.8 Å². The minimum atomic E-state index is -1.09. The van der Waals surface area contributed by atoms with Crippen molar-refractivity contribution in [3.8, 4) is 11.6 Å². The standard InChI is InChI=1S/C25H19ClN6O4/c26-17-6-4-16(5-7-17)13-32-23-22(31(15-28-23)14-21(33)34)24(35)30-25(32)29-18-8-10-19(11-9-18)36-20-3-1-2-12-27-20/h1-12,15H,13-14H2,(H,33,34)(H,29,30,35). The average molecular weight is 503 g/mol. The molecule has 2 N–H and O–H groups in total. The highest BCUT2D eigenvalue weighted by Gasteiger charge is 2.18. The quantitative estimate of drug-likeness (QED) is 0.321. The van der Waals surface area contributed by atoms with Crippen LogP contribution in [-0.2, 0) is 17.9 Å². The van der Waals surface area contributed by atoms with E-state index in [0.717, 1.165) is 5.56 Å². The Labute approximate surface area is 209 Å². The molecule has 11 heteroatoms. The molecule has 0 fully saturated rings. The molecule has 5 rings (SSSR count). The second kappa shape index (κ2) is 9.88. The van der Waals surface area contributed by atoms with E-state index >= 15 is 0 Å². The van der Waals surface area contributed by atoms with Gasteiger partial charge in [-0.05, 0) is 48.0 Å². The van der Waals surface area contributed by atoms with Crippen molar-refractivity contribution in [2.24, 2.45) is 0 Å². The summed E-state index contributed by atoms with van der Waals surface area (Å²) in [5, 5.41) is 13.0. The highest BCUT2D eigenvalue weighted by molar-refractivity contribution is 6.30. The van der Waals surface area contributed by atoms with Crippen LogP contribution in [0.25, 0.3) is 11.2 Å². The fourth-order valence-electron chi connectivity index (χ4n) is 3.64. The third kappa shape index (κ3) is 5.03. The lowest BCUT2D eigenvalue weighted by atomic mass is 10.2. The number of hydrogen-bond donors (Lipinski definition) is 2. The number of imidazole rings is 1. The number of ether oxygens (including phenoxy) is 1. The third-order valence-corrected chi connectivity index (χ3v) is 5.52. The predicted molar refractivity (Wildman–Crippen MR) is 134 cm³/mol. The van der Waals surface area contributed by atoms with Crippen molar-refractivity contribution in [1.82, 2.24) is 24.1 Å². The van der Waals surface area contributed by atoms with Crippen LogP contribution in [-0.4, -0.2) is 35.2 Å². The van der Waals surface area contributed by atoms with Crippen LogP contribution < -0.4 is 15.6 Å². The Balaban J connectivity index is 1.51. The second-order valence-electron chi connectivity index (χ2n) is 7.81. The van der Waals surface area contributed by atoms with Crippen molar-refractivity contribution in [3.63, 3.8) is 0 Å². The number of aromatic nitrogens is 5. The van der Waals surface area contributed by atoms with Gasteiger partial charge in [-0.15, -0.1) is 0 Å². The molecule has 2 aromatic carbocycles. The smallest absolute Gasteiger partial charge is 0.323 e. The van der Waals surface area contributed by atoms with Crippen LogP contribution >= 0.6 is 11.6 Å². The van der Waals surface area contributed by atoms with Gasteiger partial charge in [0.2, 0.25) is 11.8 Å². The number of aliphatic carboxylic acids is 1. The Kier molecular flexibility index (Phi) is 6.33. The number of fused-ring (bicyclic) bond motifs is 1. The first kappa shape index (κ1) is 23.1. The molecule has 0 amide bonds. The zero-order valence-electron chi connectivity index (χ0n) is 18.7. The molecule has 0 unspecified atom stereocenters. The number of pyridine rings is 1. The van der Waals surface area contributed by atoms with E-state index in [2.05, 4.69) is 20.3 Å². The van der Waals surface area contributed by atoms with E-state index in [1.807, 2.05) is 18.2 Å². The van der Waals surface area contributed by atoms with Gasteiger partial charge in [0.1, 0.15) is 12.3 Å². The Morgan fingerprint density at radius 2 is 1.81 bits per heavy atom. The van der Waals surface area contributed by atoms with Gasteiger partial charge in [0.25, 0.3) is 0 Å². The number of hydrogen-bond acceptors (Lipinski definition) is 7. The molecule has 180 valence electrons. The van der Waals surface area contributed by atoms with Gasteiger partial charge < -0.3 is 19.7 Å². The van der Waals surface area contributed by atoms with Crippen LogP contribution in [0.4, 0.5) is 11.6 Å². The van der Waals surface area contributed by atoms with Crippen molar-refractivity contribution in [2.45, 2.75) is 13.1 Å². The molecule has 36 heavy (non-hydrogen) atoms. The molecule has 3 aromatic heterocycles. The second-order valence-corrected chi connectivity index (χ2v) is 8.25. The van der Waals surface area contributed by atoms with E-state index in [9.17, 15) is 14.7 Å². The minimum Gasteiger partial charge on any atom is -0.480 e. The lowest BCUT2D eigenvalue weighted by Crippen LogP contribution is -2.21. The minimum absolute atomic E-state index is 0.107. The van der Waals surface area contributed by atoms with Gasteiger partial charge in [0, 0.05) is 23.0 Å². The number of rotatable bonds is 8. The Morgan fingerprint density at radius 1 is 1.03 bits per heavy atom.